The van der Waals surface area contributed by atoms with Crippen molar-refractivity contribution >= 4 is 11.6 Å². The molecule has 1 heterocycles. The molecule has 1 amide bonds. The Kier molecular flexibility index (Phi) is 6.18. The monoisotopic (exact) mass is 405 g/mol. The first-order valence-corrected chi connectivity index (χ1v) is 8.63. The van der Waals surface area contributed by atoms with E-state index in [2.05, 4.69) is 10.4 Å². The molecule has 0 atom stereocenters. The highest BCUT2D eigenvalue weighted by atomic mass is 19.4. The van der Waals surface area contributed by atoms with E-state index in [1.165, 1.54) is 30.3 Å². The second kappa shape index (κ2) is 8.78. The molecule has 0 saturated heterocycles. The topological polar surface area (TPSA) is 65.4 Å². The summed E-state index contributed by atoms with van der Waals surface area (Å²) in [6, 6.07) is 12.0. The molecule has 3 rings (SSSR count). The molecule has 0 bridgehead atoms. The summed E-state index contributed by atoms with van der Waals surface area (Å²) < 4.78 is 51.0. The van der Waals surface area contributed by atoms with Crippen molar-refractivity contribution in [1.29, 1.82) is 0 Å². The number of hydrogen-bond donors (Lipinski definition) is 1. The lowest BCUT2D eigenvalue weighted by molar-refractivity contribution is -0.137. The van der Waals surface area contributed by atoms with Gasteiger partial charge in [0, 0.05) is 13.3 Å². The number of ether oxygens (including phenoxy) is 2. The number of carbonyl (C=O) groups is 1. The van der Waals surface area contributed by atoms with E-state index in [1.807, 2.05) is 30.3 Å². The number of amides is 1. The highest BCUT2D eigenvalue weighted by Gasteiger charge is 2.31. The predicted octanol–water partition coefficient (Wildman–Crippen LogP) is 4.17. The van der Waals surface area contributed by atoms with Crippen molar-refractivity contribution in [3.05, 3.63) is 72.1 Å². The highest BCUT2D eigenvalue weighted by Crippen LogP contribution is 2.35. The molecule has 0 fully saturated rings. The lowest BCUT2D eigenvalue weighted by Crippen LogP contribution is -2.15. The standard InChI is InChI=1S/C20H18F3N3O3/c1-28-9-10-29-18-8-7-15(20(21,22)23)11-17(18)25-19(27)14-12-24-26(13-14)16-5-3-2-4-6-16/h2-8,11-13H,9-10H2,1H3,(H,25,27). The Bertz CT molecular complexity index is 972. The number of nitrogens with zero attached hydrogens (tertiary/aromatic N) is 2. The Balaban J connectivity index is 1.83. The Labute approximate surface area is 164 Å². The second-order valence-corrected chi connectivity index (χ2v) is 6.01. The lowest BCUT2D eigenvalue weighted by atomic mass is 10.1. The summed E-state index contributed by atoms with van der Waals surface area (Å²) in [5.74, 6) is -0.498. The van der Waals surface area contributed by atoms with Gasteiger partial charge in [-0.3, -0.25) is 4.79 Å². The lowest BCUT2D eigenvalue weighted by Gasteiger charge is -2.15. The highest BCUT2D eigenvalue weighted by molar-refractivity contribution is 6.04. The van der Waals surface area contributed by atoms with Gasteiger partial charge in [0.25, 0.3) is 5.91 Å². The number of anilines is 1. The maximum Gasteiger partial charge on any atom is 0.416 e. The van der Waals surface area contributed by atoms with Gasteiger partial charge in [0.2, 0.25) is 0 Å². The number of rotatable bonds is 7. The molecule has 9 heteroatoms. The van der Waals surface area contributed by atoms with Crippen LogP contribution in [0.3, 0.4) is 0 Å². The molecule has 29 heavy (non-hydrogen) atoms. The summed E-state index contributed by atoms with van der Waals surface area (Å²) in [7, 11) is 1.48. The molecule has 1 N–H and O–H groups in total. The molecule has 0 aliphatic heterocycles. The van der Waals surface area contributed by atoms with E-state index >= 15 is 0 Å². The maximum atomic E-state index is 13.1. The van der Waals surface area contributed by atoms with Gasteiger partial charge in [-0.05, 0) is 30.3 Å². The third-order valence-electron chi connectivity index (χ3n) is 3.97. The Hall–Kier alpha value is -3.33. The predicted molar refractivity (Wildman–Crippen MR) is 100 cm³/mol. The van der Waals surface area contributed by atoms with E-state index in [0.29, 0.717) is 0 Å². The first-order chi connectivity index (χ1) is 13.9. The molecule has 0 spiro atoms. The van der Waals surface area contributed by atoms with Gasteiger partial charge >= 0.3 is 6.18 Å². The van der Waals surface area contributed by atoms with E-state index < -0.39 is 17.6 Å². The van der Waals surface area contributed by atoms with Crippen LogP contribution in [0.15, 0.2) is 60.9 Å². The first-order valence-electron chi connectivity index (χ1n) is 8.63. The van der Waals surface area contributed by atoms with Gasteiger partial charge in [-0.1, -0.05) is 18.2 Å². The molecule has 0 aliphatic carbocycles. The van der Waals surface area contributed by atoms with Crippen molar-refractivity contribution in [3.8, 4) is 11.4 Å². The molecule has 0 saturated carbocycles. The van der Waals surface area contributed by atoms with E-state index in [1.54, 1.807) is 0 Å². The van der Waals surface area contributed by atoms with Crippen molar-refractivity contribution in [3.63, 3.8) is 0 Å². The third-order valence-corrected chi connectivity index (χ3v) is 3.97. The van der Waals surface area contributed by atoms with Crippen LogP contribution in [0.4, 0.5) is 18.9 Å². The molecule has 0 unspecified atom stereocenters. The SMILES string of the molecule is COCCOc1ccc(C(F)(F)F)cc1NC(=O)c1cnn(-c2ccccc2)c1. The van der Waals surface area contributed by atoms with Gasteiger partial charge < -0.3 is 14.8 Å². The van der Waals surface area contributed by atoms with Crippen LogP contribution < -0.4 is 10.1 Å². The van der Waals surface area contributed by atoms with Gasteiger partial charge in [0.1, 0.15) is 12.4 Å². The fourth-order valence-electron chi connectivity index (χ4n) is 2.52. The average Bonchev–Trinajstić information content (AvgIpc) is 3.19. The summed E-state index contributed by atoms with van der Waals surface area (Å²) in [6.45, 7) is 0.370. The minimum atomic E-state index is -4.55. The van der Waals surface area contributed by atoms with E-state index in [-0.39, 0.29) is 30.2 Å². The number of para-hydroxylation sites is 1. The van der Waals surface area contributed by atoms with Crippen molar-refractivity contribution in [1.82, 2.24) is 9.78 Å². The summed E-state index contributed by atoms with van der Waals surface area (Å²) in [5.41, 5.74) is -0.0522. The van der Waals surface area contributed by atoms with Gasteiger partial charge in [0.05, 0.1) is 35.3 Å². The fraction of sp³-hybridized carbons (Fsp3) is 0.200. The number of hydrogen-bond acceptors (Lipinski definition) is 4. The third kappa shape index (κ3) is 5.14. The van der Waals surface area contributed by atoms with E-state index in [4.69, 9.17) is 9.47 Å². The molecule has 152 valence electrons. The molecular formula is C20H18F3N3O3. The summed E-state index contributed by atoms with van der Waals surface area (Å²) in [6.07, 6.45) is -1.73. The van der Waals surface area contributed by atoms with Crippen LogP contribution in [-0.4, -0.2) is 36.0 Å². The number of alkyl halides is 3. The number of carbonyl (C=O) groups excluding carboxylic acids is 1. The minimum absolute atomic E-state index is 0.0895. The minimum Gasteiger partial charge on any atom is -0.489 e. The first kappa shape index (κ1) is 20.4. The van der Waals surface area contributed by atoms with Crippen molar-refractivity contribution < 1.29 is 27.4 Å². The number of nitrogens with one attached hydrogen (secondary N) is 1. The Morgan fingerprint density at radius 1 is 1.14 bits per heavy atom. The van der Waals surface area contributed by atoms with E-state index in [0.717, 1.165) is 17.8 Å². The zero-order chi connectivity index (χ0) is 20.9. The summed E-state index contributed by atoms with van der Waals surface area (Å²) in [4.78, 5) is 12.6. The summed E-state index contributed by atoms with van der Waals surface area (Å²) >= 11 is 0. The molecular weight excluding hydrogens is 387 g/mol. The van der Waals surface area contributed by atoms with Gasteiger partial charge in [-0.2, -0.15) is 18.3 Å². The quantitative estimate of drug-likeness (QED) is 0.600. The number of aromatic nitrogens is 2. The van der Waals surface area contributed by atoms with Crippen molar-refractivity contribution in [2.24, 2.45) is 0 Å². The maximum absolute atomic E-state index is 13.1. The van der Waals surface area contributed by atoms with Crippen LogP contribution in [0.5, 0.6) is 5.75 Å². The van der Waals surface area contributed by atoms with Crippen LogP contribution in [-0.2, 0) is 10.9 Å². The summed E-state index contributed by atoms with van der Waals surface area (Å²) in [5, 5.41) is 6.59. The number of halogens is 3. The molecule has 0 radical (unpaired) electrons. The van der Waals surface area contributed by atoms with Crippen LogP contribution in [0.25, 0.3) is 5.69 Å². The van der Waals surface area contributed by atoms with Gasteiger partial charge in [-0.15, -0.1) is 0 Å². The van der Waals surface area contributed by atoms with Crippen LogP contribution >= 0.6 is 0 Å². The normalized spacial score (nSPS) is 11.3. The molecule has 0 aliphatic rings. The van der Waals surface area contributed by atoms with Crippen molar-refractivity contribution in [2.45, 2.75) is 6.18 Å². The second-order valence-electron chi connectivity index (χ2n) is 6.01. The zero-order valence-electron chi connectivity index (χ0n) is 15.4. The molecule has 3 aromatic rings. The fourth-order valence-corrected chi connectivity index (χ4v) is 2.52. The number of benzene rings is 2. The smallest absolute Gasteiger partial charge is 0.416 e. The van der Waals surface area contributed by atoms with Gasteiger partial charge in [0.15, 0.2) is 0 Å². The van der Waals surface area contributed by atoms with Crippen LogP contribution in [0, 0.1) is 0 Å². The molecule has 2 aromatic carbocycles. The Morgan fingerprint density at radius 3 is 2.59 bits per heavy atom. The molecule has 6 nitrogen and oxygen atoms in total. The van der Waals surface area contributed by atoms with Crippen LogP contribution in [0.2, 0.25) is 0 Å². The average molecular weight is 405 g/mol. The largest absolute Gasteiger partial charge is 0.489 e. The zero-order valence-corrected chi connectivity index (χ0v) is 15.4. The van der Waals surface area contributed by atoms with Crippen molar-refractivity contribution in [2.75, 3.05) is 25.6 Å². The number of methoxy groups -OCH3 is 1. The van der Waals surface area contributed by atoms with Crippen LogP contribution in [0.1, 0.15) is 15.9 Å². The van der Waals surface area contributed by atoms with Gasteiger partial charge in [-0.25, -0.2) is 4.68 Å². The Morgan fingerprint density at radius 2 is 1.90 bits per heavy atom. The van der Waals surface area contributed by atoms with E-state index in [9.17, 15) is 18.0 Å². The molecule has 1 aromatic heterocycles.